The Kier molecular flexibility index (Phi) is 4.19. The summed E-state index contributed by atoms with van der Waals surface area (Å²) in [7, 11) is 0. The summed E-state index contributed by atoms with van der Waals surface area (Å²) in [6, 6.07) is 9.46. The van der Waals surface area contributed by atoms with Gasteiger partial charge in [0.1, 0.15) is 16.1 Å². The molecule has 0 spiro atoms. The van der Waals surface area contributed by atoms with Gasteiger partial charge in [0.25, 0.3) is 0 Å². The molecule has 2 rings (SSSR count). The standard InChI is InChI=1S/C12H10IN3O2/c1-8-14-11(13)10(16-15-8)12(17)18-7-9-5-3-2-4-6-9/h2-6H,7H2,1H3. The smallest absolute Gasteiger partial charge is 0.361 e. The Bertz CT molecular complexity index is 561. The summed E-state index contributed by atoms with van der Waals surface area (Å²) in [6.45, 7) is 1.93. The number of rotatable bonds is 3. The minimum Gasteiger partial charge on any atom is -0.456 e. The minimum absolute atomic E-state index is 0.150. The second-order valence-corrected chi connectivity index (χ2v) is 4.58. The first-order valence-corrected chi connectivity index (χ1v) is 6.32. The number of benzene rings is 1. The maximum atomic E-state index is 11.8. The molecule has 18 heavy (non-hydrogen) atoms. The maximum absolute atomic E-state index is 11.8. The molecule has 0 aliphatic heterocycles. The summed E-state index contributed by atoms with van der Waals surface area (Å²) in [4.78, 5) is 15.8. The van der Waals surface area contributed by atoms with Gasteiger partial charge >= 0.3 is 5.97 Å². The van der Waals surface area contributed by atoms with Crippen LogP contribution in [0.5, 0.6) is 0 Å². The van der Waals surface area contributed by atoms with Gasteiger partial charge in [-0.05, 0) is 35.1 Å². The van der Waals surface area contributed by atoms with Crippen LogP contribution in [0.3, 0.4) is 0 Å². The van der Waals surface area contributed by atoms with E-state index in [1.54, 1.807) is 6.92 Å². The third-order valence-electron chi connectivity index (χ3n) is 2.16. The monoisotopic (exact) mass is 355 g/mol. The van der Waals surface area contributed by atoms with Crippen molar-refractivity contribution in [3.63, 3.8) is 0 Å². The molecule has 0 saturated heterocycles. The van der Waals surface area contributed by atoms with Crippen LogP contribution in [0.2, 0.25) is 0 Å². The van der Waals surface area contributed by atoms with Gasteiger partial charge in [-0.2, -0.15) is 0 Å². The zero-order valence-electron chi connectivity index (χ0n) is 9.63. The Labute approximate surface area is 118 Å². The van der Waals surface area contributed by atoms with E-state index in [0.717, 1.165) is 5.56 Å². The first kappa shape index (κ1) is 12.9. The van der Waals surface area contributed by atoms with E-state index in [-0.39, 0.29) is 12.3 Å². The number of esters is 1. The van der Waals surface area contributed by atoms with Crippen molar-refractivity contribution in [3.05, 3.63) is 51.1 Å². The molecular weight excluding hydrogens is 345 g/mol. The van der Waals surface area contributed by atoms with Gasteiger partial charge in [-0.3, -0.25) is 0 Å². The molecule has 0 aliphatic rings. The average molecular weight is 355 g/mol. The largest absolute Gasteiger partial charge is 0.456 e. The van der Waals surface area contributed by atoms with Crippen molar-refractivity contribution in [2.75, 3.05) is 0 Å². The third kappa shape index (κ3) is 3.22. The molecule has 5 nitrogen and oxygen atoms in total. The number of hydrogen-bond acceptors (Lipinski definition) is 5. The highest BCUT2D eigenvalue weighted by atomic mass is 127. The second kappa shape index (κ2) is 5.85. The first-order valence-electron chi connectivity index (χ1n) is 5.24. The van der Waals surface area contributed by atoms with E-state index in [4.69, 9.17) is 4.74 Å². The highest BCUT2D eigenvalue weighted by Gasteiger charge is 2.15. The van der Waals surface area contributed by atoms with Gasteiger partial charge in [-0.25, -0.2) is 9.78 Å². The van der Waals surface area contributed by atoms with Crippen LogP contribution in [0, 0.1) is 10.6 Å². The molecule has 2 aromatic rings. The molecule has 0 fully saturated rings. The normalized spacial score (nSPS) is 10.1. The van der Waals surface area contributed by atoms with Crippen molar-refractivity contribution in [1.82, 2.24) is 15.2 Å². The van der Waals surface area contributed by atoms with Crippen molar-refractivity contribution in [1.29, 1.82) is 0 Å². The van der Waals surface area contributed by atoms with E-state index in [9.17, 15) is 4.79 Å². The molecule has 6 heteroatoms. The van der Waals surface area contributed by atoms with Crippen LogP contribution >= 0.6 is 22.6 Å². The van der Waals surface area contributed by atoms with Gasteiger partial charge in [-0.15, -0.1) is 10.2 Å². The highest BCUT2D eigenvalue weighted by Crippen LogP contribution is 2.09. The molecule has 0 unspecified atom stereocenters. The van der Waals surface area contributed by atoms with E-state index in [2.05, 4.69) is 15.2 Å². The lowest BCUT2D eigenvalue weighted by atomic mass is 10.2. The molecule has 1 aromatic heterocycles. The van der Waals surface area contributed by atoms with E-state index in [1.165, 1.54) is 0 Å². The van der Waals surface area contributed by atoms with Crippen LogP contribution in [0.1, 0.15) is 21.9 Å². The number of aromatic nitrogens is 3. The first-order chi connectivity index (χ1) is 8.66. The number of aryl methyl sites for hydroxylation is 1. The van der Waals surface area contributed by atoms with Crippen molar-refractivity contribution in [2.45, 2.75) is 13.5 Å². The van der Waals surface area contributed by atoms with E-state index >= 15 is 0 Å². The van der Waals surface area contributed by atoms with Crippen molar-refractivity contribution < 1.29 is 9.53 Å². The SMILES string of the molecule is Cc1nnc(C(=O)OCc2ccccc2)c(I)n1. The molecule has 0 amide bonds. The zero-order valence-corrected chi connectivity index (χ0v) is 11.8. The van der Waals surface area contributed by atoms with E-state index in [0.29, 0.717) is 9.53 Å². The summed E-state index contributed by atoms with van der Waals surface area (Å²) in [5.41, 5.74) is 1.08. The molecule has 0 N–H and O–H groups in total. The van der Waals surface area contributed by atoms with Gasteiger partial charge in [0.15, 0.2) is 0 Å². The summed E-state index contributed by atoms with van der Waals surface area (Å²) in [6.07, 6.45) is 0. The molecule has 0 aliphatic carbocycles. The van der Waals surface area contributed by atoms with Crippen LogP contribution in [0.4, 0.5) is 0 Å². The number of hydrogen-bond donors (Lipinski definition) is 0. The van der Waals surface area contributed by atoms with Gasteiger partial charge in [0.05, 0.1) is 0 Å². The van der Waals surface area contributed by atoms with Crippen molar-refractivity contribution >= 4 is 28.6 Å². The molecular formula is C12H10IN3O2. The topological polar surface area (TPSA) is 65.0 Å². The number of ether oxygens (including phenoxy) is 1. The zero-order chi connectivity index (χ0) is 13.0. The Morgan fingerprint density at radius 1 is 1.28 bits per heavy atom. The van der Waals surface area contributed by atoms with E-state index in [1.807, 2.05) is 52.9 Å². The van der Waals surface area contributed by atoms with Crippen LogP contribution < -0.4 is 0 Å². The molecule has 1 heterocycles. The minimum atomic E-state index is -0.511. The quantitative estimate of drug-likeness (QED) is 0.624. The van der Waals surface area contributed by atoms with Crippen LogP contribution in [-0.4, -0.2) is 21.2 Å². The predicted molar refractivity (Wildman–Crippen MR) is 72.8 cm³/mol. The maximum Gasteiger partial charge on any atom is 0.361 e. The lowest BCUT2D eigenvalue weighted by molar-refractivity contribution is 0.0462. The fourth-order valence-corrected chi connectivity index (χ4v) is 1.97. The Hall–Kier alpha value is -1.57. The summed E-state index contributed by atoms with van der Waals surface area (Å²) in [5, 5.41) is 7.54. The predicted octanol–water partition coefficient (Wildman–Crippen LogP) is 2.14. The fraction of sp³-hybridized carbons (Fsp3) is 0.167. The van der Waals surface area contributed by atoms with Crippen molar-refractivity contribution in [3.8, 4) is 0 Å². The highest BCUT2D eigenvalue weighted by molar-refractivity contribution is 14.1. The molecule has 0 atom stereocenters. The summed E-state index contributed by atoms with van der Waals surface area (Å²) < 4.78 is 5.65. The lowest BCUT2D eigenvalue weighted by Gasteiger charge is -2.05. The number of carbonyl (C=O) groups excluding carboxylic acids is 1. The van der Waals surface area contributed by atoms with Gasteiger partial charge in [0.2, 0.25) is 5.69 Å². The summed E-state index contributed by atoms with van der Waals surface area (Å²) in [5.74, 6) is 0.0160. The molecule has 0 bridgehead atoms. The number of carbonyl (C=O) groups is 1. The fourth-order valence-electron chi connectivity index (χ4n) is 1.30. The molecule has 0 radical (unpaired) electrons. The van der Waals surface area contributed by atoms with Crippen LogP contribution in [0.15, 0.2) is 30.3 Å². The molecule has 92 valence electrons. The number of halogens is 1. The average Bonchev–Trinajstić information content (AvgIpc) is 2.37. The summed E-state index contributed by atoms with van der Waals surface area (Å²) >= 11 is 1.94. The second-order valence-electron chi connectivity index (χ2n) is 3.56. The van der Waals surface area contributed by atoms with Gasteiger partial charge in [-0.1, -0.05) is 30.3 Å². The van der Waals surface area contributed by atoms with E-state index < -0.39 is 5.97 Å². The van der Waals surface area contributed by atoms with Gasteiger partial charge in [0, 0.05) is 0 Å². The molecule has 1 aromatic carbocycles. The molecule has 0 saturated carbocycles. The number of nitrogens with zero attached hydrogens (tertiary/aromatic N) is 3. The Morgan fingerprint density at radius 3 is 2.67 bits per heavy atom. The van der Waals surface area contributed by atoms with Crippen LogP contribution in [-0.2, 0) is 11.3 Å². The van der Waals surface area contributed by atoms with Crippen molar-refractivity contribution in [2.24, 2.45) is 0 Å². The lowest BCUT2D eigenvalue weighted by Crippen LogP contribution is -2.12. The van der Waals surface area contributed by atoms with Gasteiger partial charge < -0.3 is 4.74 Å². The third-order valence-corrected chi connectivity index (χ3v) is 2.91. The Morgan fingerprint density at radius 2 is 2.00 bits per heavy atom. The van der Waals surface area contributed by atoms with Crippen LogP contribution in [0.25, 0.3) is 0 Å². The Balaban J connectivity index is 2.04.